The van der Waals surface area contributed by atoms with Gasteiger partial charge in [-0.25, -0.2) is 9.79 Å². The molecule has 1 aliphatic rings. The summed E-state index contributed by atoms with van der Waals surface area (Å²) in [7, 11) is 0. The third-order valence-corrected chi connectivity index (χ3v) is 3.93. The fourth-order valence-electron chi connectivity index (χ4n) is 2.07. The van der Waals surface area contributed by atoms with Gasteiger partial charge in [0.05, 0.1) is 10.6 Å². The van der Waals surface area contributed by atoms with Crippen molar-refractivity contribution in [2.45, 2.75) is 0 Å². The number of cyclic esters (lactones) is 1. The van der Waals surface area contributed by atoms with Crippen molar-refractivity contribution >= 4 is 52.7 Å². The quantitative estimate of drug-likeness (QED) is 0.525. The summed E-state index contributed by atoms with van der Waals surface area (Å²) in [4.78, 5) is 16.1. The number of esters is 1. The molecule has 0 saturated carbocycles. The van der Waals surface area contributed by atoms with Gasteiger partial charge in [0.15, 0.2) is 5.70 Å². The van der Waals surface area contributed by atoms with E-state index in [9.17, 15) is 4.79 Å². The molecule has 0 atom stereocenters. The summed E-state index contributed by atoms with van der Waals surface area (Å²) in [5.41, 5.74) is 1.50. The second kappa shape index (κ2) is 7.22. The van der Waals surface area contributed by atoms with Gasteiger partial charge < -0.3 is 4.74 Å². The minimum absolute atomic E-state index is 0.105. The Kier molecular flexibility index (Phi) is 5.05. The highest BCUT2D eigenvalue weighted by molar-refractivity contribution is 6.37. The van der Waals surface area contributed by atoms with Gasteiger partial charge in [0, 0.05) is 10.1 Å². The second-order valence-corrected chi connectivity index (χ2v) is 6.18. The van der Waals surface area contributed by atoms with E-state index in [-0.39, 0.29) is 11.6 Å². The van der Waals surface area contributed by atoms with Crippen LogP contribution in [0.25, 0.3) is 6.08 Å². The molecule has 6 heteroatoms. The van der Waals surface area contributed by atoms with Crippen molar-refractivity contribution in [2.75, 3.05) is 0 Å². The van der Waals surface area contributed by atoms with E-state index >= 15 is 0 Å². The Morgan fingerprint density at radius 2 is 1.83 bits per heavy atom. The van der Waals surface area contributed by atoms with Gasteiger partial charge in [-0.05, 0) is 35.9 Å². The summed E-state index contributed by atoms with van der Waals surface area (Å²) in [6, 6.07) is 14.3. The molecule has 0 bridgehead atoms. The third kappa shape index (κ3) is 3.88. The molecule has 0 amide bonds. The Bertz CT molecular complexity index is 886. The number of rotatable bonds is 3. The Morgan fingerprint density at radius 1 is 1.08 bits per heavy atom. The van der Waals surface area contributed by atoms with Crippen LogP contribution in [0.15, 0.2) is 70.3 Å². The Balaban J connectivity index is 1.90. The first kappa shape index (κ1) is 16.8. The van der Waals surface area contributed by atoms with E-state index in [1.54, 1.807) is 24.3 Å². The Hall–Kier alpha value is -2.07. The van der Waals surface area contributed by atoms with Gasteiger partial charge in [-0.15, -0.1) is 0 Å². The Labute approximate surface area is 153 Å². The highest BCUT2D eigenvalue weighted by atomic mass is 35.5. The average molecular weight is 379 g/mol. The van der Waals surface area contributed by atoms with Gasteiger partial charge in [-0.2, -0.15) is 0 Å². The van der Waals surface area contributed by atoms with Crippen LogP contribution in [0, 0.1) is 0 Å². The molecular formula is C18H10Cl3NO2. The summed E-state index contributed by atoms with van der Waals surface area (Å²) in [5.74, 6) is -0.465. The topological polar surface area (TPSA) is 38.7 Å². The first-order chi connectivity index (χ1) is 11.5. The number of halogens is 3. The predicted octanol–water partition coefficient (Wildman–Crippen LogP) is 5.46. The molecule has 0 radical (unpaired) electrons. The molecule has 1 heterocycles. The van der Waals surface area contributed by atoms with Crippen LogP contribution in [-0.4, -0.2) is 11.9 Å². The largest absolute Gasteiger partial charge is 0.402 e. The molecule has 24 heavy (non-hydrogen) atoms. The number of hydrogen-bond acceptors (Lipinski definition) is 3. The number of nitrogens with zero attached hydrogens (tertiary/aromatic N) is 1. The van der Waals surface area contributed by atoms with Gasteiger partial charge >= 0.3 is 5.97 Å². The van der Waals surface area contributed by atoms with Crippen molar-refractivity contribution in [3.63, 3.8) is 0 Å². The summed E-state index contributed by atoms with van der Waals surface area (Å²) in [6.45, 7) is 0. The number of carbonyl (C=O) groups is 1. The molecule has 0 aromatic heterocycles. The van der Waals surface area contributed by atoms with Gasteiger partial charge in [-0.1, -0.05) is 65.1 Å². The van der Waals surface area contributed by atoms with E-state index in [1.165, 1.54) is 6.08 Å². The number of benzene rings is 2. The number of allylic oxidation sites excluding steroid dienone is 2. The fraction of sp³-hybridized carbons (Fsp3) is 0. The van der Waals surface area contributed by atoms with Crippen molar-refractivity contribution in [3.8, 4) is 0 Å². The SMILES string of the molecule is O=C1OC(c2ccc(Cl)cc2Cl)=NC1=CC(Cl)=Cc1ccccc1. The Morgan fingerprint density at radius 3 is 2.54 bits per heavy atom. The van der Waals surface area contributed by atoms with Crippen LogP contribution in [0.5, 0.6) is 0 Å². The van der Waals surface area contributed by atoms with Crippen molar-refractivity contribution < 1.29 is 9.53 Å². The maximum atomic E-state index is 12.0. The lowest BCUT2D eigenvalue weighted by molar-refractivity contribution is -0.130. The fourth-order valence-corrected chi connectivity index (χ4v) is 2.79. The maximum Gasteiger partial charge on any atom is 0.363 e. The molecule has 2 aromatic carbocycles. The second-order valence-electron chi connectivity index (χ2n) is 4.90. The van der Waals surface area contributed by atoms with E-state index in [4.69, 9.17) is 39.5 Å². The van der Waals surface area contributed by atoms with Crippen LogP contribution in [0.2, 0.25) is 10.0 Å². The van der Waals surface area contributed by atoms with Crippen LogP contribution < -0.4 is 0 Å². The third-order valence-electron chi connectivity index (χ3n) is 3.16. The summed E-state index contributed by atoms with van der Waals surface area (Å²) >= 11 is 18.1. The molecule has 0 spiro atoms. The lowest BCUT2D eigenvalue weighted by atomic mass is 10.2. The lowest BCUT2D eigenvalue weighted by Crippen LogP contribution is -2.05. The van der Waals surface area contributed by atoms with E-state index in [0.717, 1.165) is 5.56 Å². The molecule has 3 nitrogen and oxygen atoms in total. The van der Waals surface area contributed by atoms with Crippen molar-refractivity contribution in [1.29, 1.82) is 0 Å². The van der Waals surface area contributed by atoms with E-state index in [2.05, 4.69) is 4.99 Å². The average Bonchev–Trinajstić information content (AvgIpc) is 2.88. The standard InChI is InChI=1S/C18H10Cl3NO2/c19-12-6-7-14(15(21)9-12)17-22-16(18(23)24-17)10-13(20)8-11-4-2-1-3-5-11/h1-10H. The van der Waals surface area contributed by atoms with E-state index in [1.807, 2.05) is 30.3 Å². The van der Waals surface area contributed by atoms with Crippen LogP contribution in [0.1, 0.15) is 11.1 Å². The molecule has 0 fully saturated rings. The lowest BCUT2D eigenvalue weighted by Gasteiger charge is -2.02. The zero-order chi connectivity index (χ0) is 17.1. The number of ether oxygens (including phenoxy) is 1. The van der Waals surface area contributed by atoms with E-state index < -0.39 is 5.97 Å². The molecular weight excluding hydrogens is 369 g/mol. The molecule has 120 valence electrons. The molecule has 1 aliphatic heterocycles. The van der Waals surface area contributed by atoms with Crippen molar-refractivity contribution in [1.82, 2.24) is 0 Å². The molecule has 0 unspecified atom stereocenters. The summed E-state index contributed by atoms with van der Waals surface area (Å²) in [5, 5.41) is 1.19. The number of aliphatic imine (C=N–C) groups is 1. The minimum atomic E-state index is -0.587. The van der Waals surface area contributed by atoms with Crippen LogP contribution in [-0.2, 0) is 9.53 Å². The minimum Gasteiger partial charge on any atom is -0.402 e. The molecule has 0 aliphatic carbocycles. The smallest absolute Gasteiger partial charge is 0.363 e. The van der Waals surface area contributed by atoms with Gasteiger partial charge in [0.25, 0.3) is 0 Å². The van der Waals surface area contributed by atoms with Crippen molar-refractivity contribution in [3.05, 3.63) is 86.5 Å². The summed E-state index contributed by atoms with van der Waals surface area (Å²) in [6.07, 6.45) is 3.18. The highest BCUT2D eigenvalue weighted by Crippen LogP contribution is 2.26. The number of hydrogen-bond donors (Lipinski definition) is 0. The molecule has 0 saturated heterocycles. The highest BCUT2D eigenvalue weighted by Gasteiger charge is 2.25. The van der Waals surface area contributed by atoms with Crippen LogP contribution >= 0.6 is 34.8 Å². The summed E-state index contributed by atoms with van der Waals surface area (Å²) < 4.78 is 5.16. The zero-order valence-corrected chi connectivity index (χ0v) is 14.4. The molecule has 2 aromatic rings. The molecule has 3 rings (SSSR count). The van der Waals surface area contributed by atoms with Crippen LogP contribution in [0.4, 0.5) is 0 Å². The first-order valence-corrected chi connectivity index (χ1v) is 8.06. The van der Waals surface area contributed by atoms with Gasteiger partial charge in [-0.3, -0.25) is 0 Å². The first-order valence-electron chi connectivity index (χ1n) is 6.93. The van der Waals surface area contributed by atoms with Crippen molar-refractivity contribution in [2.24, 2.45) is 4.99 Å². The van der Waals surface area contributed by atoms with Gasteiger partial charge in [0.2, 0.25) is 5.90 Å². The monoisotopic (exact) mass is 377 g/mol. The predicted molar refractivity (Wildman–Crippen MR) is 97.4 cm³/mol. The number of carbonyl (C=O) groups excluding carboxylic acids is 1. The zero-order valence-electron chi connectivity index (χ0n) is 12.2. The van der Waals surface area contributed by atoms with Gasteiger partial charge in [0.1, 0.15) is 0 Å². The maximum absolute atomic E-state index is 12.0. The van der Waals surface area contributed by atoms with Crippen LogP contribution in [0.3, 0.4) is 0 Å². The molecule has 0 N–H and O–H groups in total. The van der Waals surface area contributed by atoms with E-state index in [0.29, 0.717) is 20.6 Å². The normalized spacial score (nSPS) is 16.3.